The molecule has 0 bridgehead atoms. The molecule has 3 aromatic rings. The summed E-state index contributed by atoms with van der Waals surface area (Å²) in [6.07, 6.45) is 1.98. The molecule has 2 aromatic heterocycles. The number of nitrogen functional groups attached to an aromatic ring is 1. The Morgan fingerprint density at radius 3 is 3.00 bits per heavy atom. The highest BCUT2D eigenvalue weighted by Gasteiger charge is 2.27. The van der Waals surface area contributed by atoms with Crippen LogP contribution in [-0.2, 0) is 4.79 Å². The fraction of sp³-hybridized carbons (Fsp3) is 0.389. The smallest absolute Gasteiger partial charge is 0.294 e. The number of para-hydroxylation sites is 1. The number of carbonyl (C=O) groups excluding carboxylic acids is 1. The maximum atomic E-state index is 12.7. The van der Waals surface area contributed by atoms with Crippen molar-refractivity contribution in [2.45, 2.75) is 30.8 Å². The molecule has 2 N–H and O–H groups in total. The molecule has 0 spiro atoms. The third kappa shape index (κ3) is 3.74. The maximum Gasteiger partial charge on any atom is 0.294 e. The van der Waals surface area contributed by atoms with Crippen LogP contribution >= 0.6 is 23.1 Å². The number of carbonyl (C=O) groups is 1. The number of piperidine rings is 1. The summed E-state index contributed by atoms with van der Waals surface area (Å²) in [7, 11) is 0. The molecule has 0 saturated carbocycles. The summed E-state index contributed by atoms with van der Waals surface area (Å²) in [5.74, 6) is 6.16. The number of benzene rings is 1. The number of nitrogens with two attached hydrogens (primary N) is 1. The topological polar surface area (TPSA) is 107 Å². The summed E-state index contributed by atoms with van der Waals surface area (Å²) in [6, 6.07) is 8.11. The molecule has 0 radical (unpaired) electrons. The lowest BCUT2D eigenvalue weighted by Gasteiger charge is -2.31. The molecule has 1 atom stereocenters. The second-order valence-electron chi connectivity index (χ2n) is 6.73. The van der Waals surface area contributed by atoms with Crippen molar-refractivity contribution < 1.29 is 4.79 Å². The number of likely N-dealkylation sites (tertiary alicyclic amines) is 1. The van der Waals surface area contributed by atoms with E-state index >= 15 is 0 Å². The quantitative estimate of drug-likeness (QED) is 0.510. The highest BCUT2D eigenvalue weighted by molar-refractivity contribution is 7.99. The molecule has 1 aliphatic rings. The van der Waals surface area contributed by atoms with Crippen LogP contribution in [0.3, 0.4) is 0 Å². The number of hydrogen-bond acceptors (Lipinski definition) is 8. The molecule has 1 saturated heterocycles. The summed E-state index contributed by atoms with van der Waals surface area (Å²) in [5, 5.41) is 9.03. The van der Waals surface area contributed by atoms with Crippen LogP contribution in [0.5, 0.6) is 0 Å². The van der Waals surface area contributed by atoms with Crippen molar-refractivity contribution in [2.75, 3.05) is 24.7 Å². The van der Waals surface area contributed by atoms with Crippen molar-refractivity contribution in [3.05, 3.63) is 45.3 Å². The zero-order valence-corrected chi connectivity index (χ0v) is 17.0. The average Bonchev–Trinajstić information content (AvgIpc) is 3.16. The molecule has 4 rings (SSSR count). The van der Waals surface area contributed by atoms with E-state index in [0.717, 1.165) is 46.3 Å². The van der Waals surface area contributed by atoms with E-state index in [9.17, 15) is 9.59 Å². The van der Waals surface area contributed by atoms with Gasteiger partial charge in [0.1, 0.15) is 5.69 Å². The first-order chi connectivity index (χ1) is 13.5. The van der Waals surface area contributed by atoms with Crippen LogP contribution < -0.4 is 11.4 Å². The van der Waals surface area contributed by atoms with Crippen molar-refractivity contribution >= 4 is 39.2 Å². The molecule has 1 aliphatic heterocycles. The van der Waals surface area contributed by atoms with E-state index in [1.807, 2.05) is 23.1 Å². The molecular weight excluding hydrogens is 396 g/mol. The fourth-order valence-corrected chi connectivity index (χ4v) is 5.10. The lowest BCUT2D eigenvalue weighted by atomic mass is 9.99. The third-order valence-corrected chi connectivity index (χ3v) is 6.91. The lowest BCUT2D eigenvalue weighted by Crippen LogP contribution is -2.40. The fourth-order valence-electron chi connectivity index (χ4n) is 3.26. The van der Waals surface area contributed by atoms with Gasteiger partial charge >= 0.3 is 0 Å². The monoisotopic (exact) mass is 416 g/mol. The Labute approximate surface area is 169 Å². The summed E-state index contributed by atoms with van der Waals surface area (Å²) in [4.78, 5) is 31.2. The van der Waals surface area contributed by atoms with Crippen LogP contribution in [0.15, 0.2) is 34.2 Å². The van der Waals surface area contributed by atoms with Gasteiger partial charge in [0, 0.05) is 19.0 Å². The van der Waals surface area contributed by atoms with Gasteiger partial charge in [0.2, 0.25) is 11.1 Å². The zero-order chi connectivity index (χ0) is 19.7. The number of aryl methyl sites for hydroxylation is 1. The molecule has 8 nitrogen and oxygen atoms in total. The molecule has 1 amide bonds. The summed E-state index contributed by atoms with van der Waals surface area (Å²) >= 11 is 2.84. The van der Waals surface area contributed by atoms with Crippen molar-refractivity contribution in [1.82, 2.24) is 24.8 Å². The Hall–Kier alpha value is -2.46. The van der Waals surface area contributed by atoms with Crippen LogP contribution in [0.2, 0.25) is 0 Å². The molecule has 0 aliphatic carbocycles. The molecule has 0 unspecified atom stereocenters. The second-order valence-corrected chi connectivity index (χ2v) is 8.74. The Kier molecular flexibility index (Phi) is 5.31. The Morgan fingerprint density at radius 2 is 2.18 bits per heavy atom. The van der Waals surface area contributed by atoms with Gasteiger partial charge in [0.05, 0.1) is 21.0 Å². The minimum atomic E-state index is -0.404. The minimum absolute atomic E-state index is 0.00522. The van der Waals surface area contributed by atoms with E-state index in [-0.39, 0.29) is 28.4 Å². The van der Waals surface area contributed by atoms with Gasteiger partial charge in [-0.05, 0) is 31.9 Å². The maximum absolute atomic E-state index is 12.7. The van der Waals surface area contributed by atoms with Crippen molar-refractivity contribution in [2.24, 2.45) is 0 Å². The number of thioether (sulfide) groups is 1. The Bertz CT molecular complexity index is 1050. The predicted octanol–water partition coefficient (Wildman–Crippen LogP) is 1.77. The first kappa shape index (κ1) is 18.9. The van der Waals surface area contributed by atoms with E-state index in [0.29, 0.717) is 6.54 Å². The van der Waals surface area contributed by atoms with Crippen molar-refractivity contribution in [3.8, 4) is 0 Å². The Balaban J connectivity index is 1.42. The zero-order valence-electron chi connectivity index (χ0n) is 15.4. The summed E-state index contributed by atoms with van der Waals surface area (Å²) in [6.45, 7) is 2.94. The van der Waals surface area contributed by atoms with Gasteiger partial charge in [-0.1, -0.05) is 23.9 Å². The highest BCUT2D eigenvalue weighted by Crippen LogP contribution is 2.33. The molecule has 146 valence electrons. The van der Waals surface area contributed by atoms with Crippen LogP contribution in [0, 0.1) is 6.92 Å². The molecule has 10 heteroatoms. The van der Waals surface area contributed by atoms with Crippen molar-refractivity contribution in [3.63, 3.8) is 0 Å². The van der Waals surface area contributed by atoms with Gasteiger partial charge in [-0.2, -0.15) is 4.68 Å². The first-order valence-electron chi connectivity index (χ1n) is 9.00. The van der Waals surface area contributed by atoms with Gasteiger partial charge in [-0.15, -0.1) is 21.5 Å². The second kappa shape index (κ2) is 7.88. The number of amides is 1. The molecule has 3 heterocycles. The highest BCUT2D eigenvalue weighted by atomic mass is 32.2. The van der Waals surface area contributed by atoms with Crippen LogP contribution in [0.1, 0.15) is 29.5 Å². The molecule has 1 aromatic carbocycles. The van der Waals surface area contributed by atoms with E-state index in [2.05, 4.69) is 16.3 Å². The van der Waals surface area contributed by atoms with Crippen molar-refractivity contribution in [1.29, 1.82) is 0 Å². The minimum Gasteiger partial charge on any atom is -0.341 e. The van der Waals surface area contributed by atoms with Gasteiger partial charge in [0.25, 0.3) is 5.56 Å². The van der Waals surface area contributed by atoms with Gasteiger partial charge in [0.15, 0.2) is 0 Å². The predicted molar refractivity (Wildman–Crippen MR) is 110 cm³/mol. The average molecular weight is 417 g/mol. The van der Waals surface area contributed by atoms with Gasteiger partial charge in [-0.3, -0.25) is 9.59 Å². The van der Waals surface area contributed by atoms with E-state index in [1.54, 1.807) is 18.3 Å². The normalized spacial score (nSPS) is 17.2. The summed E-state index contributed by atoms with van der Waals surface area (Å²) < 4.78 is 2.12. The standard InChI is InChI=1S/C18H20N6O2S2/c1-11-17(26)24(19)18(22-21-11)27-10-15(25)23-8-4-5-12(9-23)16-20-13-6-2-3-7-14(13)28-16/h2-3,6-7,12H,4-5,8-10,19H2,1H3/t12-/m1/s1. The molecule has 28 heavy (non-hydrogen) atoms. The number of thiazole rings is 1. The van der Waals surface area contributed by atoms with E-state index in [4.69, 9.17) is 10.8 Å². The third-order valence-electron chi connectivity index (χ3n) is 4.78. The van der Waals surface area contributed by atoms with Crippen LogP contribution in [-0.4, -0.2) is 49.5 Å². The number of rotatable bonds is 4. The SMILES string of the molecule is Cc1nnc(SCC(=O)N2CCC[C@@H](c3nc4ccccc4s3)C2)n(N)c1=O. The van der Waals surface area contributed by atoms with E-state index in [1.165, 1.54) is 4.70 Å². The summed E-state index contributed by atoms with van der Waals surface area (Å²) in [5.41, 5.74) is 0.840. The Morgan fingerprint density at radius 1 is 1.36 bits per heavy atom. The van der Waals surface area contributed by atoms with Gasteiger partial charge < -0.3 is 10.7 Å². The molecule has 1 fully saturated rings. The number of nitrogens with zero attached hydrogens (tertiary/aromatic N) is 5. The van der Waals surface area contributed by atoms with E-state index < -0.39 is 5.56 Å². The number of hydrogen-bond donors (Lipinski definition) is 1. The number of aromatic nitrogens is 4. The largest absolute Gasteiger partial charge is 0.341 e. The lowest BCUT2D eigenvalue weighted by molar-refractivity contribution is -0.129. The first-order valence-corrected chi connectivity index (χ1v) is 10.8. The number of fused-ring (bicyclic) bond motifs is 1. The van der Waals surface area contributed by atoms with Crippen LogP contribution in [0.25, 0.3) is 10.2 Å². The molecular formula is C18H20N6O2S2. The van der Waals surface area contributed by atoms with Gasteiger partial charge in [-0.25, -0.2) is 4.98 Å². The van der Waals surface area contributed by atoms with Crippen LogP contribution in [0.4, 0.5) is 0 Å².